The summed E-state index contributed by atoms with van der Waals surface area (Å²) < 4.78 is 0. The van der Waals surface area contributed by atoms with Gasteiger partial charge >= 0.3 is 0 Å². The lowest BCUT2D eigenvalue weighted by Crippen LogP contribution is -2.47. The van der Waals surface area contributed by atoms with Crippen molar-refractivity contribution in [3.05, 3.63) is 30.1 Å². The van der Waals surface area contributed by atoms with Gasteiger partial charge in [-0.25, -0.2) is 0 Å². The average molecular weight is 303 g/mol. The minimum Gasteiger partial charge on any atom is -0.348 e. The van der Waals surface area contributed by atoms with Gasteiger partial charge < -0.3 is 10.2 Å². The molecule has 1 aromatic rings. The van der Waals surface area contributed by atoms with Crippen molar-refractivity contribution in [2.24, 2.45) is 11.8 Å². The smallest absolute Gasteiger partial charge is 0.225 e. The molecule has 1 fully saturated rings. The maximum Gasteiger partial charge on any atom is 0.225 e. The fourth-order valence-electron chi connectivity index (χ4n) is 2.79. The molecule has 120 valence electrons. The zero-order chi connectivity index (χ0) is 16.1. The molecular formula is C17H25N3O2. The molecule has 1 N–H and O–H groups in total. The van der Waals surface area contributed by atoms with E-state index in [0.717, 1.165) is 25.1 Å². The van der Waals surface area contributed by atoms with E-state index in [1.807, 2.05) is 43.9 Å². The molecule has 5 heteroatoms. The number of aromatic nitrogens is 1. The van der Waals surface area contributed by atoms with Crippen LogP contribution >= 0.6 is 0 Å². The second-order valence-corrected chi connectivity index (χ2v) is 6.26. The number of nitrogens with zero attached hydrogens (tertiary/aromatic N) is 2. The second-order valence-electron chi connectivity index (χ2n) is 6.26. The van der Waals surface area contributed by atoms with Crippen molar-refractivity contribution in [3.8, 4) is 0 Å². The van der Waals surface area contributed by atoms with Gasteiger partial charge in [0.15, 0.2) is 0 Å². The van der Waals surface area contributed by atoms with Crippen molar-refractivity contribution in [1.82, 2.24) is 15.2 Å². The lowest BCUT2D eigenvalue weighted by molar-refractivity contribution is -0.138. The molecule has 1 saturated heterocycles. The Balaban J connectivity index is 1.93. The Morgan fingerprint density at radius 1 is 1.32 bits per heavy atom. The minimum atomic E-state index is -0.123. The highest BCUT2D eigenvalue weighted by Crippen LogP contribution is 2.20. The zero-order valence-electron chi connectivity index (χ0n) is 13.6. The van der Waals surface area contributed by atoms with E-state index < -0.39 is 0 Å². The van der Waals surface area contributed by atoms with Gasteiger partial charge in [-0.05, 0) is 31.9 Å². The van der Waals surface area contributed by atoms with E-state index in [0.29, 0.717) is 6.54 Å². The van der Waals surface area contributed by atoms with Gasteiger partial charge in [0.2, 0.25) is 11.8 Å². The van der Waals surface area contributed by atoms with Gasteiger partial charge in [-0.2, -0.15) is 0 Å². The molecule has 22 heavy (non-hydrogen) atoms. The van der Waals surface area contributed by atoms with Crippen LogP contribution in [-0.4, -0.2) is 34.8 Å². The number of carbonyl (C=O) groups is 2. The van der Waals surface area contributed by atoms with Crippen molar-refractivity contribution in [3.63, 3.8) is 0 Å². The molecule has 1 aliphatic rings. The third-order valence-electron chi connectivity index (χ3n) is 4.09. The lowest BCUT2D eigenvalue weighted by atomic mass is 9.95. The van der Waals surface area contributed by atoms with Gasteiger partial charge in [-0.1, -0.05) is 19.9 Å². The molecule has 2 amide bonds. The van der Waals surface area contributed by atoms with Gasteiger partial charge in [-0.3, -0.25) is 14.6 Å². The van der Waals surface area contributed by atoms with Crippen LogP contribution in [-0.2, 0) is 9.59 Å². The van der Waals surface area contributed by atoms with Crippen LogP contribution in [0.15, 0.2) is 24.4 Å². The lowest BCUT2D eigenvalue weighted by Gasteiger charge is -2.33. The first kappa shape index (κ1) is 16.5. The normalized spacial score (nSPS) is 19.8. The van der Waals surface area contributed by atoms with Crippen molar-refractivity contribution >= 4 is 11.8 Å². The zero-order valence-corrected chi connectivity index (χ0v) is 13.6. The fourth-order valence-corrected chi connectivity index (χ4v) is 2.79. The highest BCUT2D eigenvalue weighted by molar-refractivity contribution is 5.82. The number of piperidine rings is 1. The van der Waals surface area contributed by atoms with Crippen LogP contribution in [0.3, 0.4) is 0 Å². The molecule has 1 aromatic heterocycles. The topological polar surface area (TPSA) is 62.3 Å². The van der Waals surface area contributed by atoms with Crippen LogP contribution in [0.5, 0.6) is 0 Å². The Morgan fingerprint density at radius 2 is 2.09 bits per heavy atom. The van der Waals surface area contributed by atoms with Crippen LogP contribution in [0.1, 0.15) is 45.3 Å². The minimum absolute atomic E-state index is 0.0133. The van der Waals surface area contributed by atoms with E-state index in [4.69, 9.17) is 0 Å². The van der Waals surface area contributed by atoms with E-state index in [-0.39, 0.29) is 29.7 Å². The molecule has 0 spiro atoms. The monoisotopic (exact) mass is 303 g/mol. The van der Waals surface area contributed by atoms with E-state index in [9.17, 15) is 9.59 Å². The number of rotatable bonds is 4. The van der Waals surface area contributed by atoms with E-state index >= 15 is 0 Å². The number of hydrogen-bond donors (Lipinski definition) is 1. The van der Waals surface area contributed by atoms with Crippen LogP contribution in [0.2, 0.25) is 0 Å². The van der Waals surface area contributed by atoms with E-state index in [1.165, 1.54) is 0 Å². The summed E-state index contributed by atoms with van der Waals surface area (Å²) in [6.45, 7) is 7.01. The third-order valence-corrected chi connectivity index (χ3v) is 4.09. The number of nitrogens with one attached hydrogen (secondary N) is 1. The summed E-state index contributed by atoms with van der Waals surface area (Å²) in [5.41, 5.74) is 0.849. The van der Waals surface area contributed by atoms with Crippen LogP contribution in [0, 0.1) is 11.8 Å². The van der Waals surface area contributed by atoms with Crippen molar-refractivity contribution in [1.29, 1.82) is 0 Å². The third kappa shape index (κ3) is 4.06. The molecule has 0 aromatic carbocycles. The molecule has 1 aliphatic heterocycles. The van der Waals surface area contributed by atoms with Gasteiger partial charge in [0.1, 0.15) is 0 Å². The Labute approximate surface area is 132 Å². The number of amides is 2. The molecule has 0 unspecified atom stereocenters. The molecule has 0 radical (unpaired) electrons. The summed E-state index contributed by atoms with van der Waals surface area (Å²) in [5.74, 6) is 0.00606. The molecular weight excluding hydrogens is 278 g/mol. The van der Waals surface area contributed by atoms with Gasteiger partial charge in [0, 0.05) is 25.2 Å². The largest absolute Gasteiger partial charge is 0.348 e. The number of carbonyl (C=O) groups excluding carboxylic acids is 2. The summed E-state index contributed by atoms with van der Waals surface area (Å²) in [6.07, 6.45) is 3.44. The highest BCUT2D eigenvalue weighted by Gasteiger charge is 2.29. The summed E-state index contributed by atoms with van der Waals surface area (Å²) in [6, 6.07) is 5.55. The summed E-state index contributed by atoms with van der Waals surface area (Å²) in [7, 11) is 0. The van der Waals surface area contributed by atoms with Crippen LogP contribution < -0.4 is 5.32 Å². The first-order valence-electron chi connectivity index (χ1n) is 7.99. The predicted octanol–water partition coefficient (Wildman–Crippen LogP) is 2.15. The summed E-state index contributed by atoms with van der Waals surface area (Å²) in [5, 5.41) is 3.02. The summed E-state index contributed by atoms with van der Waals surface area (Å²) >= 11 is 0. The van der Waals surface area contributed by atoms with Gasteiger partial charge in [0.25, 0.3) is 0 Å². The SMILES string of the molecule is CC(C)C(=O)N1CCC[C@@H](C(=O)N[C@H](C)c2ccccn2)C1. The maximum atomic E-state index is 12.4. The van der Waals surface area contributed by atoms with Crippen LogP contribution in [0.4, 0.5) is 0 Å². The first-order valence-corrected chi connectivity index (χ1v) is 7.99. The highest BCUT2D eigenvalue weighted by atomic mass is 16.2. The number of hydrogen-bond acceptors (Lipinski definition) is 3. The Hall–Kier alpha value is -1.91. The molecule has 0 bridgehead atoms. The van der Waals surface area contributed by atoms with E-state index in [2.05, 4.69) is 10.3 Å². The Bertz CT molecular complexity index is 516. The Kier molecular flexibility index (Phi) is 5.52. The average Bonchev–Trinajstić information content (AvgIpc) is 2.54. The molecule has 2 heterocycles. The first-order chi connectivity index (χ1) is 10.5. The molecule has 2 rings (SSSR count). The standard InChI is InChI=1S/C17H25N3O2/c1-12(2)17(22)20-10-6-7-14(11-20)16(21)19-13(3)15-8-4-5-9-18-15/h4-5,8-9,12-14H,6-7,10-11H2,1-3H3,(H,19,21)/t13-,14-/m1/s1. The second kappa shape index (κ2) is 7.38. The van der Waals surface area contributed by atoms with Crippen LogP contribution in [0.25, 0.3) is 0 Å². The number of likely N-dealkylation sites (tertiary alicyclic amines) is 1. The van der Waals surface area contributed by atoms with Crippen molar-refractivity contribution in [2.45, 2.75) is 39.7 Å². The molecule has 0 aliphatic carbocycles. The molecule has 2 atom stereocenters. The summed E-state index contributed by atoms with van der Waals surface area (Å²) in [4.78, 5) is 30.6. The molecule has 5 nitrogen and oxygen atoms in total. The maximum absolute atomic E-state index is 12.4. The van der Waals surface area contributed by atoms with Crippen molar-refractivity contribution < 1.29 is 9.59 Å². The number of pyridine rings is 1. The quantitative estimate of drug-likeness (QED) is 0.927. The molecule has 0 saturated carbocycles. The van der Waals surface area contributed by atoms with Gasteiger partial charge in [-0.15, -0.1) is 0 Å². The predicted molar refractivity (Wildman–Crippen MR) is 84.9 cm³/mol. The van der Waals surface area contributed by atoms with E-state index in [1.54, 1.807) is 6.20 Å². The fraction of sp³-hybridized carbons (Fsp3) is 0.588. The Morgan fingerprint density at radius 3 is 2.73 bits per heavy atom. The van der Waals surface area contributed by atoms with Crippen molar-refractivity contribution in [2.75, 3.05) is 13.1 Å². The van der Waals surface area contributed by atoms with Gasteiger partial charge in [0.05, 0.1) is 17.7 Å².